The van der Waals surface area contributed by atoms with Crippen LogP contribution in [0.2, 0.25) is 0 Å². The molecule has 0 aromatic carbocycles. The molecule has 194 valence electrons. The summed E-state index contributed by atoms with van der Waals surface area (Å²) in [5.41, 5.74) is 0.914. The molecular formula is C24H29F3N6O3. The Morgan fingerprint density at radius 1 is 1.11 bits per heavy atom. The second kappa shape index (κ2) is 10.7. The summed E-state index contributed by atoms with van der Waals surface area (Å²) in [7, 11) is 1.65. The normalized spacial score (nSPS) is 16.5. The Morgan fingerprint density at radius 3 is 2.39 bits per heavy atom. The van der Waals surface area contributed by atoms with Gasteiger partial charge in [-0.05, 0) is 67.2 Å². The fourth-order valence-electron chi connectivity index (χ4n) is 4.44. The summed E-state index contributed by atoms with van der Waals surface area (Å²) in [6, 6.07) is 3.98. The van der Waals surface area contributed by atoms with Crippen molar-refractivity contribution in [2.24, 2.45) is 24.8 Å². The fourth-order valence-corrected chi connectivity index (χ4v) is 4.44. The van der Waals surface area contributed by atoms with Crippen molar-refractivity contribution in [1.82, 2.24) is 25.4 Å². The van der Waals surface area contributed by atoms with Crippen molar-refractivity contribution >= 4 is 23.5 Å². The van der Waals surface area contributed by atoms with Crippen LogP contribution in [0.25, 0.3) is 0 Å². The molecule has 12 heteroatoms. The molecule has 9 nitrogen and oxygen atoms in total. The van der Waals surface area contributed by atoms with Crippen molar-refractivity contribution in [2.75, 3.05) is 5.32 Å². The molecule has 0 unspecified atom stereocenters. The Labute approximate surface area is 206 Å². The lowest BCUT2D eigenvalue weighted by molar-refractivity contribution is -0.144. The van der Waals surface area contributed by atoms with E-state index >= 15 is 0 Å². The maximum atomic E-state index is 13.4. The van der Waals surface area contributed by atoms with Gasteiger partial charge in [0, 0.05) is 32.4 Å². The molecular weight excluding hydrogens is 477 g/mol. The number of carbonyl (C=O) groups excluding carboxylic acids is 3. The van der Waals surface area contributed by atoms with E-state index < -0.39 is 31.0 Å². The van der Waals surface area contributed by atoms with E-state index in [1.165, 1.54) is 17.1 Å². The highest BCUT2D eigenvalue weighted by molar-refractivity contribution is 6.00. The fraction of sp³-hybridized carbons (Fsp3) is 0.542. The predicted molar refractivity (Wildman–Crippen MR) is 123 cm³/mol. The molecule has 2 aromatic heterocycles. The Kier molecular flexibility index (Phi) is 7.60. The zero-order valence-corrected chi connectivity index (χ0v) is 19.8. The van der Waals surface area contributed by atoms with Crippen LogP contribution in [0.15, 0.2) is 30.6 Å². The van der Waals surface area contributed by atoms with Gasteiger partial charge in [-0.15, -0.1) is 0 Å². The van der Waals surface area contributed by atoms with Crippen molar-refractivity contribution in [3.8, 4) is 0 Å². The zero-order chi connectivity index (χ0) is 25.9. The van der Waals surface area contributed by atoms with Crippen LogP contribution in [0, 0.1) is 17.8 Å². The van der Waals surface area contributed by atoms with Crippen molar-refractivity contribution < 1.29 is 27.6 Å². The molecule has 0 saturated heterocycles. The molecule has 0 aliphatic heterocycles. The van der Waals surface area contributed by atoms with Crippen LogP contribution in [0.5, 0.6) is 0 Å². The number of rotatable bonds is 11. The standard InChI is InChI=1S/C24H29F3N6O3/c1-33-17(8-11-30-33)22(35)32-21(20(15-2-3-15)16-4-5-16)23(36)31-18-12-14(7-10-28-18)13-29-19(34)6-9-24(25,26)27/h7-8,10-12,15-16,20-21H,2-6,9,13H2,1H3,(H,29,34)(H,32,35)(H,28,31,36)/t21-/m0/s1. The highest BCUT2D eigenvalue weighted by Crippen LogP contribution is 2.50. The summed E-state index contributed by atoms with van der Waals surface area (Å²) < 4.78 is 38.4. The zero-order valence-electron chi connectivity index (χ0n) is 19.8. The number of hydrogen-bond acceptors (Lipinski definition) is 5. The summed E-state index contributed by atoms with van der Waals surface area (Å²) >= 11 is 0. The number of pyridine rings is 1. The van der Waals surface area contributed by atoms with Crippen molar-refractivity contribution in [3.63, 3.8) is 0 Å². The second-order valence-corrected chi connectivity index (χ2v) is 9.47. The van der Waals surface area contributed by atoms with E-state index in [1.807, 2.05) is 0 Å². The number of anilines is 1. The van der Waals surface area contributed by atoms with Gasteiger partial charge in [-0.1, -0.05) is 0 Å². The first kappa shape index (κ1) is 25.6. The van der Waals surface area contributed by atoms with E-state index in [1.54, 1.807) is 25.2 Å². The van der Waals surface area contributed by atoms with Gasteiger partial charge in [0.15, 0.2) is 0 Å². The third-order valence-corrected chi connectivity index (χ3v) is 6.54. The molecule has 1 atom stereocenters. The van der Waals surface area contributed by atoms with Crippen LogP contribution in [-0.4, -0.2) is 44.7 Å². The van der Waals surface area contributed by atoms with Gasteiger partial charge in [0.25, 0.3) is 5.91 Å². The lowest BCUT2D eigenvalue weighted by Crippen LogP contribution is -2.50. The first-order chi connectivity index (χ1) is 17.1. The van der Waals surface area contributed by atoms with E-state index in [0.717, 1.165) is 25.7 Å². The molecule has 2 saturated carbocycles. The summed E-state index contributed by atoms with van der Waals surface area (Å²) in [6.45, 7) is -0.00446. The van der Waals surface area contributed by atoms with Crippen LogP contribution < -0.4 is 16.0 Å². The topological polar surface area (TPSA) is 118 Å². The number of aryl methyl sites for hydroxylation is 1. The lowest BCUT2D eigenvalue weighted by atomic mass is 9.88. The van der Waals surface area contributed by atoms with Gasteiger partial charge in [-0.3, -0.25) is 19.1 Å². The van der Waals surface area contributed by atoms with E-state index in [2.05, 4.69) is 26.0 Å². The molecule has 0 bridgehead atoms. The van der Waals surface area contributed by atoms with Gasteiger partial charge >= 0.3 is 6.18 Å². The second-order valence-electron chi connectivity index (χ2n) is 9.47. The van der Waals surface area contributed by atoms with E-state index in [4.69, 9.17) is 0 Å². The molecule has 3 N–H and O–H groups in total. The Morgan fingerprint density at radius 2 is 1.81 bits per heavy atom. The van der Waals surface area contributed by atoms with Crippen molar-refractivity contribution in [3.05, 3.63) is 41.9 Å². The molecule has 2 heterocycles. The van der Waals surface area contributed by atoms with Crippen molar-refractivity contribution in [2.45, 2.75) is 57.3 Å². The Bertz CT molecular complexity index is 1100. The van der Waals surface area contributed by atoms with Crippen LogP contribution in [-0.2, 0) is 23.2 Å². The Balaban J connectivity index is 1.41. The maximum absolute atomic E-state index is 13.4. The van der Waals surface area contributed by atoms with E-state index in [-0.39, 0.29) is 30.1 Å². The summed E-state index contributed by atoms with van der Waals surface area (Å²) in [4.78, 5) is 42.2. The molecule has 4 rings (SSSR count). The smallest absolute Gasteiger partial charge is 0.352 e. The monoisotopic (exact) mass is 506 g/mol. The quantitative estimate of drug-likeness (QED) is 0.433. The summed E-state index contributed by atoms with van der Waals surface area (Å²) in [6.07, 6.45) is 0.805. The van der Waals surface area contributed by atoms with E-state index in [9.17, 15) is 27.6 Å². The highest BCUT2D eigenvalue weighted by Gasteiger charge is 2.48. The van der Waals surface area contributed by atoms with Gasteiger partial charge in [0.05, 0.1) is 6.42 Å². The van der Waals surface area contributed by atoms with Gasteiger partial charge in [0.1, 0.15) is 17.6 Å². The number of halogens is 3. The predicted octanol–water partition coefficient (Wildman–Crippen LogP) is 2.95. The van der Waals surface area contributed by atoms with Gasteiger partial charge in [0.2, 0.25) is 11.8 Å². The molecule has 0 spiro atoms. The van der Waals surface area contributed by atoms with Crippen LogP contribution in [0.3, 0.4) is 0 Å². The highest BCUT2D eigenvalue weighted by atomic mass is 19.4. The van der Waals surface area contributed by atoms with Crippen molar-refractivity contribution in [1.29, 1.82) is 0 Å². The molecule has 3 amide bonds. The number of alkyl halides is 3. The minimum absolute atomic E-state index is 0.00446. The van der Waals surface area contributed by atoms with Crippen LogP contribution in [0.1, 0.15) is 54.6 Å². The minimum atomic E-state index is -4.40. The van der Waals surface area contributed by atoms with Gasteiger partial charge in [-0.25, -0.2) is 4.98 Å². The minimum Gasteiger partial charge on any atom is -0.352 e. The number of nitrogens with zero attached hydrogens (tertiary/aromatic N) is 3. The molecule has 2 aromatic rings. The van der Waals surface area contributed by atoms with Gasteiger partial charge in [-0.2, -0.15) is 18.3 Å². The first-order valence-electron chi connectivity index (χ1n) is 12.0. The first-order valence-corrected chi connectivity index (χ1v) is 12.0. The SMILES string of the molecule is Cn1nccc1C(=O)N[C@H](C(=O)Nc1cc(CNC(=O)CCC(F)(F)F)ccn1)C(C1CC1)C1CC1. The number of aromatic nitrogens is 3. The molecule has 2 aliphatic rings. The number of amides is 3. The average molecular weight is 507 g/mol. The number of carbonyl (C=O) groups is 3. The third-order valence-electron chi connectivity index (χ3n) is 6.54. The van der Waals surface area contributed by atoms with E-state index in [0.29, 0.717) is 23.1 Å². The van der Waals surface area contributed by atoms with Gasteiger partial charge < -0.3 is 16.0 Å². The molecule has 2 aliphatic carbocycles. The third kappa shape index (κ3) is 7.05. The lowest BCUT2D eigenvalue weighted by Gasteiger charge is -2.27. The Hall–Kier alpha value is -3.44. The largest absolute Gasteiger partial charge is 0.389 e. The van der Waals surface area contributed by atoms with Crippen LogP contribution >= 0.6 is 0 Å². The molecule has 0 radical (unpaired) electrons. The molecule has 2 fully saturated rings. The molecule has 36 heavy (non-hydrogen) atoms. The number of nitrogens with one attached hydrogen (secondary N) is 3. The average Bonchev–Trinajstić information content (AvgIpc) is 3.76. The van der Waals surface area contributed by atoms with Crippen LogP contribution in [0.4, 0.5) is 19.0 Å². The summed E-state index contributed by atoms with van der Waals surface area (Å²) in [5.74, 6) is -0.467. The number of hydrogen-bond donors (Lipinski definition) is 3. The summed E-state index contributed by atoms with van der Waals surface area (Å²) in [5, 5.41) is 12.2. The maximum Gasteiger partial charge on any atom is 0.389 e.